The van der Waals surface area contributed by atoms with Crippen LogP contribution in [-0.4, -0.2) is 60.4 Å². The second-order valence-corrected chi connectivity index (χ2v) is 13.3. The average molecular weight is 658 g/mol. The number of halogens is 4. The van der Waals surface area contributed by atoms with E-state index in [1.807, 2.05) is 12.3 Å². The zero-order valence-corrected chi connectivity index (χ0v) is 27.4. The molecule has 47 heavy (non-hydrogen) atoms. The van der Waals surface area contributed by atoms with Gasteiger partial charge in [0.25, 0.3) is 0 Å². The lowest BCUT2D eigenvalue weighted by atomic mass is 9.59. The standard InChI is InChI=1S/C34H42F4N4.C2H5NO2/c1-2-32-39-16-19-41(32)24-33(26-6-3-4-7-26,29-8-5-9-30(35)20-29)27-14-17-40(18-15-27)21-25-22-42(23-25)31-12-10-28(11-13-31)34(36,37)38;1-5-2(3)4/h5,8-13,16,19-20,25-27H,2-4,6-7,14-15,17-18,21-24H2,1H3;1H3,(H2,3,4). The molecule has 1 amide bonds. The van der Waals surface area contributed by atoms with Crippen LogP contribution in [0.25, 0.3) is 0 Å². The molecule has 7 nitrogen and oxygen atoms in total. The van der Waals surface area contributed by atoms with Crippen molar-refractivity contribution in [3.63, 3.8) is 0 Å². The lowest BCUT2D eigenvalue weighted by Gasteiger charge is -2.50. The Morgan fingerprint density at radius 3 is 2.19 bits per heavy atom. The average Bonchev–Trinajstić information content (AvgIpc) is 3.74. The predicted octanol–water partition coefficient (Wildman–Crippen LogP) is 7.29. The molecular formula is C36H47F4N5O2. The van der Waals surface area contributed by atoms with E-state index >= 15 is 0 Å². The topological polar surface area (TPSA) is 76.6 Å². The van der Waals surface area contributed by atoms with Gasteiger partial charge < -0.3 is 24.8 Å². The van der Waals surface area contributed by atoms with Gasteiger partial charge in [-0.05, 0) is 92.6 Å². The van der Waals surface area contributed by atoms with Crippen molar-refractivity contribution < 1.29 is 27.1 Å². The summed E-state index contributed by atoms with van der Waals surface area (Å²) in [6.07, 6.45) is 6.86. The summed E-state index contributed by atoms with van der Waals surface area (Å²) in [5.41, 5.74) is 5.71. The molecule has 1 aliphatic carbocycles. The molecular weight excluding hydrogens is 610 g/mol. The molecule has 0 radical (unpaired) electrons. The summed E-state index contributed by atoms with van der Waals surface area (Å²) in [7, 11) is 1.22. The van der Waals surface area contributed by atoms with Crippen LogP contribution in [0.4, 0.5) is 28.0 Å². The summed E-state index contributed by atoms with van der Waals surface area (Å²) >= 11 is 0. The number of hydrogen-bond donors (Lipinski definition) is 1. The van der Waals surface area contributed by atoms with E-state index < -0.39 is 17.8 Å². The molecule has 2 aliphatic heterocycles. The van der Waals surface area contributed by atoms with E-state index in [9.17, 15) is 22.4 Å². The first kappa shape index (κ1) is 34.7. The van der Waals surface area contributed by atoms with Crippen molar-refractivity contribution in [3.8, 4) is 0 Å². The maximum Gasteiger partial charge on any atom is 0.416 e. The van der Waals surface area contributed by atoms with Crippen LogP contribution >= 0.6 is 0 Å². The number of benzene rings is 2. The molecule has 6 rings (SSSR count). The molecule has 2 aromatic carbocycles. The highest BCUT2D eigenvalue weighted by Gasteiger charge is 2.49. The number of piperidine rings is 1. The Hall–Kier alpha value is -3.60. The number of amides is 1. The van der Waals surface area contributed by atoms with Gasteiger partial charge in [0.05, 0.1) is 12.7 Å². The zero-order chi connectivity index (χ0) is 33.6. The number of likely N-dealkylation sites (tertiary alicyclic amines) is 1. The Morgan fingerprint density at radius 2 is 1.62 bits per heavy atom. The molecule has 3 aliphatic rings. The number of methoxy groups -OCH3 is 1. The van der Waals surface area contributed by atoms with E-state index in [2.05, 4.69) is 49.0 Å². The van der Waals surface area contributed by atoms with Crippen molar-refractivity contribution >= 4 is 11.8 Å². The van der Waals surface area contributed by atoms with Crippen molar-refractivity contribution in [3.05, 3.63) is 83.7 Å². The summed E-state index contributed by atoms with van der Waals surface area (Å²) in [4.78, 5) is 18.7. The molecule has 1 unspecified atom stereocenters. The van der Waals surface area contributed by atoms with E-state index in [0.717, 1.165) is 75.6 Å². The van der Waals surface area contributed by atoms with Crippen LogP contribution in [-0.2, 0) is 29.3 Å². The van der Waals surface area contributed by atoms with Gasteiger partial charge in [-0.25, -0.2) is 14.2 Å². The number of anilines is 1. The van der Waals surface area contributed by atoms with Crippen molar-refractivity contribution in [1.29, 1.82) is 0 Å². The molecule has 3 aromatic rings. The van der Waals surface area contributed by atoms with Crippen LogP contribution in [0.15, 0.2) is 60.9 Å². The number of nitrogens with zero attached hydrogens (tertiary/aromatic N) is 4. The quantitative estimate of drug-likeness (QED) is 0.245. The minimum Gasteiger partial charge on any atom is -0.453 e. The normalized spacial score (nSPS) is 19.5. The van der Waals surface area contributed by atoms with Gasteiger partial charge in [-0.1, -0.05) is 31.9 Å². The number of alkyl halides is 3. The number of aryl methyl sites for hydroxylation is 1. The zero-order valence-electron chi connectivity index (χ0n) is 27.4. The second-order valence-electron chi connectivity index (χ2n) is 13.3. The SMILES string of the molecule is CCc1nccn1CC(c1cccc(F)c1)(C1CCCC1)C1CCN(CC2CN(c3ccc(C(F)(F)F)cc3)C2)CC1.COC(N)=O. The Labute approximate surface area is 275 Å². The fourth-order valence-electron chi connectivity index (χ4n) is 8.21. The number of imidazole rings is 1. The third kappa shape index (κ3) is 8.11. The van der Waals surface area contributed by atoms with Gasteiger partial charge in [0.1, 0.15) is 11.6 Å². The van der Waals surface area contributed by atoms with Gasteiger partial charge in [-0.2, -0.15) is 13.2 Å². The molecule has 1 saturated carbocycles. The van der Waals surface area contributed by atoms with Crippen LogP contribution in [0.5, 0.6) is 0 Å². The van der Waals surface area contributed by atoms with Gasteiger partial charge in [0.15, 0.2) is 0 Å². The van der Waals surface area contributed by atoms with E-state index in [1.165, 1.54) is 44.9 Å². The summed E-state index contributed by atoms with van der Waals surface area (Å²) < 4.78 is 59.8. The molecule has 3 fully saturated rings. The second kappa shape index (κ2) is 15.1. The first-order valence-electron chi connectivity index (χ1n) is 16.8. The monoisotopic (exact) mass is 657 g/mol. The molecule has 0 spiro atoms. The van der Waals surface area contributed by atoms with Gasteiger partial charge in [0, 0.05) is 62.0 Å². The van der Waals surface area contributed by atoms with Crippen LogP contribution < -0.4 is 10.6 Å². The largest absolute Gasteiger partial charge is 0.453 e. The van der Waals surface area contributed by atoms with Crippen molar-refractivity contribution in [2.75, 3.05) is 44.7 Å². The van der Waals surface area contributed by atoms with Gasteiger partial charge in [-0.3, -0.25) is 0 Å². The van der Waals surface area contributed by atoms with Crippen LogP contribution in [0, 0.1) is 23.6 Å². The summed E-state index contributed by atoms with van der Waals surface area (Å²) in [6.45, 7) is 7.81. The number of aromatic nitrogens is 2. The summed E-state index contributed by atoms with van der Waals surface area (Å²) in [5, 5.41) is 0. The number of primary amides is 1. The van der Waals surface area contributed by atoms with E-state index in [1.54, 1.807) is 24.3 Å². The Bertz CT molecular complexity index is 1440. The number of nitrogens with two attached hydrogens (primary N) is 1. The highest BCUT2D eigenvalue weighted by atomic mass is 19.4. The maximum absolute atomic E-state index is 14.8. The highest BCUT2D eigenvalue weighted by molar-refractivity contribution is 5.64. The van der Waals surface area contributed by atoms with Crippen LogP contribution in [0.2, 0.25) is 0 Å². The number of carbonyl (C=O) groups excluding carboxylic acids is 1. The molecule has 1 atom stereocenters. The Morgan fingerprint density at radius 1 is 0.979 bits per heavy atom. The third-order valence-electron chi connectivity index (χ3n) is 10.5. The van der Waals surface area contributed by atoms with E-state index in [4.69, 9.17) is 0 Å². The van der Waals surface area contributed by atoms with E-state index in [0.29, 0.717) is 17.8 Å². The van der Waals surface area contributed by atoms with Crippen molar-refractivity contribution in [2.45, 2.75) is 70.0 Å². The van der Waals surface area contributed by atoms with Crippen LogP contribution in [0.1, 0.15) is 62.4 Å². The fourth-order valence-corrected chi connectivity index (χ4v) is 8.21. The first-order chi connectivity index (χ1) is 22.5. The van der Waals surface area contributed by atoms with Crippen LogP contribution in [0.3, 0.4) is 0 Å². The fraction of sp³-hybridized carbons (Fsp3) is 0.556. The highest BCUT2D eigenvalue weighted by Crippen LogP contribution is 2.51. The molecule has 2 N–H and O–H groups in total. The molecule has 11 heteroatoms. The Balaban J connectivity index is 0.000000807. The van der Waals surface area contributed by atoms with Gasteiger partial charge >= 0.3 is 12.3 Å². The Kier molecular flexibility index (Phi) is 11.1. The smallest absolute Gasteiger partial charge is 0.416 e. The number of hydrogen-bond acceptors (Lipinski definition) is 5. The minimum atomic E-state index is -4.30. The lowest BCUT2D eigenvalue weighted by Crippen LogP contribution is -2.54. The lowest BCUT2D eigenvalue weighted by molar-refractivity contribution is -0.137. The molecule has 2 saturated heterocycles. The molecule has 0 bridgehead atoms. The maximum atomic E-state index is 14.8. The minimum absolute atomic E-state index is 0.134. The molecule has 256 valence electrons. The molecule has 3 heterocycles. The third-order valence-corrected chi connectivity index (χ3v) is 10.5. The number of carbonyl (C=O) groups is 1. The van der Waals surface area contributed by atoms with Crippen molar-refractivity contribution in [1.82, 2.24) is 14.5 Å². The van der Waals surface area contributed by atoms with Gasteiger partial charge in [-0.15, -0.1) is 0 Å². The summed E-state index contributed by atoms with van der Waals surface area (Å²) in [5.74, 6) is 2.43. The molecule has 1 aromatic heterocycles. The number of ether oxygens (including phenoxy) is 1. The van der Waals surface area contributed by atoms with Crippen molar-refractivity contribution in [2.24, 2.45) is 23.5 Å². The number of rotatable bonds is 9. The first-order valence-corrected chi connectivity index (χ1v) is 16.8. The van der Waals surface area contributed by atoms with E-state index in [-0.39, 0.29) is 11.2 Å². The summed E-state index contributed by atoms with van der Waals surface area (Å²) in [6, 6.07) is 12.9. The van der Waals surface area contributed by atoms with Gasteiger partial charge in [0.2, 0.25) is 0 Å². The predicted molar refractivity (Wildman–Crippen MR) is 175 cm³/mol.